The van der Waals surface area contributed by atoms with Crippen LogP contribution in [0.5, 0.6) is 0 Å². The molecule has 20 heavy (non-hydrogen) atoms. The molecule has 4 nitrogen and oxygen atoms in total. The fourth-order valence-corrected chi connectivity index (χ4v) is 2.03. The lowest BCUT2D eigenvalue weighted by atomic mass is 9.84. The maximum absolute atomic E-state index is 4.71. The molecule has 1 rings (SSSR count). The van der Waals surface area contributed by atoms with Crippen LogP contribution >= 0.6 is 0 Å². The van der Waals surface area contributed by atoms with E-state index in [1.54, 1.807) is 0 Å². The van der Waals surface area contributed by atoms with Crippen molar-refractivity contribution in [3.05, 3.63) is 17.5 Å². The van der Waals surface area contributed by atoms with Crippen molar-refractivity contribution in [1.29, 1.82) is 0 Å². The number of hydrogen-bond donors (Lipinski definition) is 2. The Hall–Kier alpha value is -1.16. The smallest absolute Gasteiger partial charge is 0.222 e. The molecule has 0 aliphatic carbocycles. The lowest BCUT2D eigenvalue weighted by Crippen LogP contribution is -2.28. The number of rotatable bonds is 6. The van der Waals surface area contributed by atoms with Gasteiger partial charge in [-0.15, -0.1) is 0 Å². The zero-order valence-corrected chi connectivity index (χ0v) is 14.0. The molecule has 0 bridgehead atoms. The number of nitrogens with zero attached hydrogens (tertiary/aromatic N) is 2. The Morgan fingerprint density at radius 1 is 1.10 bits per heavy atom. The van der Waals surface area contributed by atoms with Crippen molar-refractivity contribution in [3.8, 4) is 0 Å². The minimum atomic E-state index is 0.0807. The second-order valence-electron chi connectivity index (χ2n) is 6.93. The van der Waals surface area contributed by atoms with Gasteiger partial charge in [-0.2, -0.15) is 0 Å². The number of hydrogen-bond acceptors (Lipinski definition) is 4. The molecule has 114 valence electrons. The van der Waals surface area contributed by atoms with Crippen molar-refractivity contribution in [2.24, 2.45) is 0 Å². The van der Waals surface area contributed by atoms with E-state index in [0.29, 0.717) is 12.0 Å². The van der Waals surface area contributed by atoms with E-state index >= 15 is 0 Å². The van der Waals surface area contributed by atoms with Crippen LogP contribution < -0.4 is 10.6 Å². The average Bonchev–Trinajstić information content (AvgIpc) is 2.33. The molecule has 0 saturated carbocycles. The van der Waals surface area contributed by atoms with E-state index in [0.717, 1.165) is 24.7 Å². The Morgan fingerprint density at radius 3 is 2.25 bits per heavy atom. The first-order valence-electron chi connectivity index (χ1n) is 7.56. The Bertz CT molecular complexity index is 419. The SMILES string of the molecule is CC(C)NCCNc1ncc(C(C)(C)C)c(C(C)C)n1. The summed E-state index contributed by atoms with van der Waals surface area (Å²) in [5.41, 5.74) is 2.46. The van der Waals surface area contributed by atoms with Gasteiger partial charge in [0.05, 0.1) is 5.69 Å². The molecule has 0 amide bonds. The van der Waals surface area contributed by atoms with Crippen LogP contribution in [0.1, 0.15) is 65.6 Å². The van der Waals surface area contributed by atoms with Crippen molar-refractivity contribution in [2.75, 3.05) is 18.4 Å². The fraction of sp³-hybridized carbons (Fsp3) is 0.750. The second kappa shape index (κ2) is 7.02. The first kappa shape index (κ1) is 16.9. The molecular weight excluding hydrogens is 248 g/mol. The molecule has 0 atom stereocenters. The van der Waals surface area contributed by atoms with Crippen LogP contribution in [0, 0.1) is 0 Å². The number of nitrogens with one attached hydrogen (secondary N) is 2. The van der Waals surface area contributed by atoms with Crippen LogP contribution in [0.4, 0.5) is 5.95 Å². The molecule has 1 heterocycles. The Balaban J connectivity index is 2.78. The van der Waals surface area contributed by atoms with Crippen molar-refractivity contribution in [3.63, 3.8) is 0 Å². The van der Waals surface area contributed by atoms with Crippen molar-refractivity contribution < 1.29 is 0 Å². The summed E-state index contributed by atoms with van der Waals surface area (Å²) in [4.78, 5) is 9.16. The highest BCUT2D eigenvalue weighted by molar-refractivity contribution is 5.34. The van der Waals surface area contributed by atoms with Gasteiger partial charge in [0.15, 0.2) is 0 Å². The first-order chi connectivity index (χ1) is 9.21. The predicted molar refractivity (Wildman–Crippen MR) is 86.4 cm³/mol. The van der Waals surface area contributed by atoms with Crippen molar-refractivity contribution in [2.45, 2.75) is 65.8 Å². The minimum Gasteiger partial charge on any atom is -0.353 e. The zero-order chi connectivity index (χ0) is 15.3. The molecule has 1 aromatic heterocycles. The summed E-state index contributed by atoms with van der Waals surface area (Å²) >= 11 is 0. The van der Waals surface area contributed by atoms with E-state index < -0.39 is 0 Å². The third kappa shape index (κ3) is 5.08. The third-order valence-corrected chi connectivity index (χ3v) is 3.13. The van der Waals surface area contributed by atoms with Gasteiger partial charge < -0.3 is 10.6 Å². The first-order valence-corrected chi connectivity index (χ1v) is 7.56. The highest BCUT2D eigenvalue weighted by Gasteiger charge is 2.21. The predicted octanol–water partition coefficient (Wildman–Crippen LogP) is 3.31. The van der Waals surface area contributed by atoms with Gasteiger partial charge in [0.25, 0.3) is 0 Å². The van der Waals surface area contributed by atoms with Crippen LogP contribution in [-0.2, 0) is 5.41 Å². The molecule has 0 fully saturated rings. The maximum Gasteiger partial charge on any atom is 0.222 e. The molecule has 0 spiro atoms. The summed E-state index contributed by atoms with van der Waals surface area (Å²) in [6, 6.07) is 0.507. The number of anilines is 1. The van der Waals surface area contributed by atoms with Gasteiger partial charge >= 0.3 is 0 Å². The molecule has 0 saturated heterocycles. The lowest BCUT2D eigenvalue weighted by molar-refractivity contribution is 0.566. The quantitative estimate of drug-likeness (QED) is 0.784. The highest BCUT2D eigenvalue weighted by atomic mass is 15.1. The summed E-state index contributed by atoms with van der Waals surface area (Å²) < 4.78 is 0. The molecule has 0 unspecified atom stereocenters. The second-order valence-corrected chi connectivity index (χ2v) is 6.93. The van der Waals surface area contributed by atoms with Crippen LogP contribution in [0.15, 0.2) is 6.20 Å². The molecule has 0 aliphatic heterocycles. The summed E-state index contributed by atoms with van der Waals surface area (Å²) in [7, 11) is 0. The van der Waals surface area contributed by atoms with E-state index in [-0.39, 0.29) is 5.41 Å². The van der Waals surface area contributed by atoms with Crippen molar-refractivity contribution >= 4 is 5.95 Å². The van der Waals surface area contributed by atoms with Crippen LogP contribution in [-0.4, -0.2) is 29.1 Å². The van der Waals surface area contributed by atoms with Crippen LogP contribution in [0.25, 0.3) is 0 Å². The third-order valence-electron chi connectivity index (χ3n) is 3.13. The zero-order valence-electron chi connectivity index (χ0n) is 14.0. The largest absolute Gasteiger partial charge is 0.353 e. The van der Waals surface area contributed by atoms with Gasteiger partial charge in [-0.25, -0.2) is 9.97 Å². The van der Waals surface area contributed by atoms with Gasteiger partial charge in [-0.1, -0.05) is 48.5 Å². The van der Waals surface area contributed by atoms with Crippen LogP contribution in [0.3, 0.4) is 0 Å². The molecule has 2 N–H and O–H groups in total. The lowest BCUT2D eigenvalue weighted by Gasteiger charge is -2.23. The molecule has 0 aromatic carbocycles. The summed E-state index contributed by atoms with van der Waals surface area (Å²) in [6.45, 7) is 17.0. The van der Waals surface area contributed by atoms with Crippen molar-refractivity contribution in [1.82, 2.24) is 15.3 Å². The number of aromatic nitrogens is 2. The van der Waals surface area contributed by atoms with E-state index in [1.807, 2.05) is 6.20 Å². The Kier molecular flexibility index (Phi) is 5.93. The topological polar surface area (TPSA) is 49.8 Å². The van der Waals surface area contributed by atoms with Gasteiger partial charge in [0.2, 0.25) is 5.95 Å². The van der Waals surface area contributed by atoms with Gasteiger partial charge in [0, 0.05) is 25.3 Å². The van der Waals surface area contributed by atoms with E-state index in [1.165, 1.54) is 5.56 Å². The molecule has 4 heteroatoms. The summed E-state index contributed by atoms with van der Waals surface area (Å²) in [5, 5.41) is 6.66. The summed E-state index contributed by atoms with van der Waals surface area (Å²) in [5.74, 6) is 1.13. The monoisotopic (exact) mass is 278 g/mol. The van der Waals surface area contributed by atoms with E-state index in [9.17, 15) is 0 Å². The van der Waals surface area contributed by atoms with E-state index in [2.05, 4.69) is 64.1 Å². The Labute approximate surface area is 123 Å². The molecule has 0 radical (unpaired) electrons. The Morgan fingerprint density at radius 2 is 1.75 bits per heavy atom. The minimum absolute atomic E-state index is 0.0807. The molecular formula is C16H30N4. The average molecular weight is 278 g/mol. The maximum atomic E-state index is 4.71. The summed E-state index contributed by atoms with van der Waals surface area (Å²) in [6.07, 6.45) is 1.97. The standard InChI is InChI=1S/C16H30N4/c1-11(2)14-13(16(5,6)7)10-19-15(20-14)18-9-8-17-12(3)4/h10-12,17H,8-9H2,1-7H3,(H,18,19,20). The van der Waals surface area contributed by atoms with Gasteiger partial charge in [0.1, 0.15) is 0 Å². The highest BCUT2D eigenvalue weighted by Crippen LogP contribution is 2.29. The fourth-order valence-electron chi connectivity index (χ4n) is 2.03. The van der Waals surface area contributed by atoms with E-state index in [4.69, 9.17) is 4.98 Å². The van der Waals surface area contributed by atoms with Crippen LogP contribution in [0.2, 0.25) is 0 Å². The molecule has 1 aromatic rings. The normalized spacial score (nSPS) is 12.2. The van der Waals surface area contributed by atoms with Gasteiger partial charge in [-0.3, -0.25) is 0 Å². The molecule has 0 aliphatic rings. The van der Waals surface area contributed by atoms with Gasteiger partial charge in [-0.05, 0) is 16.9 Å².